The largest absolute Gasteiger partial charge is 0.360 e. The van der Waals surface area contributed by atoms with E-state index in [9.17, 15) is 4.79 Å². The van der Waals surface area contributed by atoms with Crippen molar-refractivity contribution in [1.29, 1.82) is 0 Å². The summed E-state index contributed by atoms with van der Waals surface area (Å²) in [5.41, 5.74) is 1.87. The van der Waals surface area contributed by atoms with Gasteiger partial charge in [-0.1, -0.05) is 37.5 Å². The maximum absolute atomic E-state index is 13.0. The number of aromatic nitrogens is 1. The first-order valence-electron chi connectivity index (χ1n) is 9.82. The molecule has 4 nitrogen and oxygen atoms in total. The van der Waals surface area contributed by atoms with Gasteiger partial charge in [0.15, 0.2) is 5.78 Å². The van der Waals surface area contributed by atoms with Crippen molar-refractivity contribution in [3.63, 3.8) is 0 Å². The van der Waals surface area contributed by atoms with E-state index in [0.717, 1.165) is 48.7 Å². The van der Waals surface area contributed by atoms with Crippen LogP contribution in [0.15, 0.2) is 30.5 Å². The second-order valence-electron chi connectivity index (χ2n) is 7.65. The number of nitrogens with zero attached hydrogens (tertiary/aromatic N) is 2. The number of nitrogens with one attached hydrogen (secondary N) is 1. The lowest BCUT2D eigenvalue weighted by Gasteiger charge is -2.42. The Kier molecular flexibility index (Phi) is 4.91. The molecule has 1 aliphatic carbocycles. The molecular formula is C21H29N3O. The smallest absolute Gasteiger partial charge is 0.181 e. The lowest BCUT2D eigenvalue weighted by atomic mass is 9.93. The fraction of sp³-hybridized carbons (Fsp3) is 0.571. The zero-order valence-electron chi connectivity index (χ0n) is 15.2. The van der Waals surface area contributed by atoms with Crippen molar-refractivity contribution in [3.05, 3.63) is 36.0 Å². The van der Waals surface area contributed by atoms with Gasteiger partial charge in [0.05, 0.1) is 6.04 Å². The number of hydrogen-bond acceptors (Lipinski definition) is 3. The first kappa shape index (κ1) is 16.8. The second kappa shape index (κ2) is 7.30. The van der Waals surface area contributed by atoms with E-state index >= 15 is 0 Å². The molecule has 1 atom stereocenters. The number of aromatic amines is 1. The van der Waals surface area contributed by atoms with Gasteiger partial charge in [-0.05, 0) is 25.8 Å². The SMILES string of the molecule is C[C@H](C(=O)c1c[nH]c2ccccc12)N1CCN(C2CCCCC2)CC1. The van der Waals surface area contributed by atoms with Crippen LogP contribution in [0.4, 0.5) is 0 Å². The number of rotatable bonds is 4. The summed E-state index contributed by atoms with van der Waals surface area (Å²) >= 11 is 0. The third-order valence-electron chi connectivity index (χ3n) is 6.22. The minimum atomic E-state index is -0.0484. The molecule has 1 saturated heterocycles. The van der Waals surface area contributed by atoms with Crippen molar-refractivity contribution in [2.45, 2.75) is 51.1 Å². The van der Waals surface area contributed by atoms with Crippen molar-refractivity contribution >= 4 is 16.7 Å². The van der Waals surface area contributed by atoms with Crippen molar-refractivity contribution in [1.82, 2.24) is 14.8 Å². The van der Waals surface area contributed by atoms with Gasteiger partial charge in [-0.2, -0.15) is 0 Å². The minimum Gasteiger partial charge on any atom is -0.360 e. The van der Waals surface area contributed by atoms with Crippen LogP contribution in [0.2, 0.25) is 0 Å². The van der Waals surface area contributed by atoms with Crippen molar-refractivity contribution in [3.8, 4) is 0 Å². The van der Waals surface area contributed by atoms with E-state index in [0.29, 0.717) is 0 Å². The molecular weight excluding hydrogens is 310 g/mol. The number of Topliss-reactive ketones (excluding diaryl/α,β-unsaturated/α-hetero) is 1. The van der Waals surface area contributed by atoms with Gasteiger partial charge in [0.1, 0.15) is 0 Å². The second-order valence-corrected chi connectivity index (χ2v) is 7.65. The number of benzene rings is 1. The number of piperazine rings is 1. The molecule has 1 N–H and O–H groups in total. The highest BCUT2D eigenvalue weighted by atomic mass is 16.1. The van der Waals surface area contributed by atoms with Crippen LogP contribution in [0, 0.1) is 0 Å². The Morgan fingerprint density at radius 1 is 1.08 bits per heavy atom. The molecule has 1 saturated carbocycles. The molecule has 0 amide bonds. The Balaban J connectivity index is 1.40. The Bertz CT molecular complexity index is 724. The van der Waals surface area contributed by atoms with E-state index in [4.69, 9.17) is 0 Å². The van der Waals surface area contributed by atoms with E-state index in [2.05, 4.69) is 21.7 Å². The maximum Gasteiger partial charge on any atom is 0.181 e. The summed E-state index contributed by atoms with van der Waals surface area (Å²) in [6.07, 6.45) is 8.79. The molecule has 2 aromatic rings. The predicted molar refractivity (Wildman–Crippen MR) is 102 cm³/mol. The molecule has 4 rings (SSSR count). The Labute approximate surface area is 150 Å². The fourth-order valence-corrected chi connectivity index (χ4v) is 4.60. The third kappa shape index (κ3) is 3.38. The van der Waals surface area contributed by atoms with Gasteiger partial charge in [-0.3, -0.25) is 14.6 Å². The summed E-state index contributed by atoms with van der Waals surface area (Å²) in [6.45, 7) is 6.30. The summed E-state index contributed by atoms with van der Waals surface area (Å²) in [5, 5.41) is 1.04. The third-order valence-corrected chi connectivity index (χ3v) is 6.22. The predicted octanol–water partition coefficient (Wildman–Crippen LogP) is 3.69. The molecule has 4 heteroatoms. The zero-order valence-corrected chi connectivity index (χ0v) is 15.2. The molecule has 1 aliphatic heterocycles. The first-order valence-corrected chi connectivity index (χ1v) is 9.82. The molecule has 0 unspecified atom stereocenters. The highest BCUT2D eigenvalue weighted by Gasteiger charge is 2.30. The van der Waals surface area contributed by atoms with Gasteiger partial charge in [-0.25, -0.2) is 0 Å². The average molecular weight is 339 g/mol. The van der Waals surface area contributed by atoms with E-state index in [1.807, 2.05) is 30.5 Å². The first-order chi connectivity index (χ1) is 12.2. The number of para-hydroxylation sites is 1. The number of carbonyl (C=O) groups excluding carboxylic acids is 1. The van der Waals surface area contributed by atoms with Gasteiger partial charge < -0.3 is 4.98 Å². The van der Waals surface area contributed by atoms with Crippen LogP contribution in [0.3, 0.4) is 0 Å². The quantitative estimate of drug-likeness (QED) is 0.864. The van der Waals surface area contributed by atoms with Crippen LogP contribution >= 0.6 is 0 Å². The zero-order chi connectivity index (χ0) is 17.2. The molecule has 25 heavy (non-hydrogen) atoms. The molecule has 1 aromatic carbocycles. The molecule has 0 spiro atoms. The molecule has 0 bridgehead atoms. The van der Waals surface area contributed by atoms with Crippen LogP contribution in [-0.2, 0) is 0 Å². The highest BCUT2D eigenvalue weighted by Crippen LogP contribution is 2.25. The Morgan fingerprint density at radius 3 is 2.56 bits per heavy atom. The number of ketones is 1. The highest BCUT2D eigenvalue weighted by molar-refractivity contribution is 6.10. The van der Waals surface area contributed by atoms with Crippen LogP contribution in [-0.4, -0.2) is 58.8 Å². The van der Waals surface area contributed by atoms with E-state index in [1.54, 1.807) is 0 Å². The van der Waals surface area contributed by atoms with Gasteiger partial charge in [0, 0.05) is 54.9 Å². The van der Waals surface area contributed by atoms with E-state index in [-0.39, 0.29) is 11.8 Å². The van der Waals surface area contributed by atoms with Gasteiger partial charge in [0.2, 0.25) is 0 Å². The van der Waals surface area contributed by atoms with Crippen molar-refractivity contribution in [2.75, 3.05) is 26.2 Å². The number of H-pyrrole nitrogens is 1. The van der Waals surface area contributed by atoms with Crippen LogP contribution < -0.4 is 0 Å². The topological polar surface area (TPSA) is 39.3 Å². The summed E-state index contributed by atoms with van der Waals surface area (Å²) in [6, 6.07) is 8.80. The van der Waals surface area contributed by atoms with Crippen molar-refractivity contribution < 1.29 is 4.79 Å². The average Bonchev–Trinajstić information content (AvgIpc) is 3.12. The van der Waals surface area contributed by atoms with Crippen LogP contribution in [0.5, 0.6) is 0 Å². The monoisotopic (exact) mass is 339 g/mol. The molecule has 0 radical (unpaired) electrons. The minimum absolute atomic E-state index is 0.0484. The summed E-state index contributed by atoms with van der Waals surface area (Å²) in [7, 11) is 0. The van der Waals surface area contributed by atoms with E-state index < -0.39 is 0 Å². The van der Waals surface area contributed by atoms with Crippen LogP contribution in [0.25, 0.3) is 10.9 Å². The number of hydrogen-bond donors (Lipinski definition) is 1. The normalized spacial score (nSPS) is 22.3. The maximum atomic E-state index is 13.0. The fourth-order valence-electron chi connectivity index (χ4n) is 4.60. The molecule has 2 heterocycles. The van der Waals surface area contributed by atoms with Gasteiger partial charge >= 0.3 is 0 Å². The lowest BCUT2D eigenvalue weighted by molar-refractivity contribution is 0.0525. The summed E-state index contributed by atoms with van der Waals surface area (Å²) in [5.74, 6) is 0.239. The van der Waals surface area contributed by atoms with Crippen molar-refractivity contribution in [2.24, 2.45) is 0 Å². The van der Waals surface area contributed by atoms with E-state index in [1.165, 1.54) is 32.1 Å². The Hall–Kier alpha value is -1.65. The van der Waals surface area contributed by atoms with Gasteiger partial charge in [0.25, 0.3) is 0 Å². The molecule has 2 aliphatic rings. The molecule has 1 aromatic heterocycles. The Morgan fingerprint density at radius 2 is 1.80 bits per heavy atom. The van der Waals surface area contributed by atoms with Gasteiger partial charge in [-0.15, -0.1) is 0 Å². The summed E-state index contributed by atoms with van der Waals surface area (Å²) in [4.78, 5) is 21.3. The number of fused-ring (bicyclic) bond motifs is 1. The summed E-state index contributed by atoms with van der Waals surface area (Å²) < 4.78 is 0. The molecule has 134 valence electrons. The van der Waals surface area contributed by atoms with Crippen LogP contribution in [0.1, 0.15) is 49.4 Å². The lowest BCUT2D eigenvalue weighted by Crippen LogP contribution is -2.54. The molecule has 2 fully saturated rings. The standard InChI is InChI=1S/C21H29N3O/c1-16(21(25)19-15-22-20-10-6-5-9-18(19)20)23-11-13-24(14-12-23)17-7-3-2-4-8-17/h5-6,9-10,15-17,22H,2-4,7-8,11-14H2,1H3/t16-/m1/s1. The number of carbonyl (C=O) groups is 1.